The summed E-state index contributed by atoms with van der Waals surface area (Å²) in [6.45, 7) is 2.71. The van der Waals surface area contributed by atoms with Crippen LogP contribution in [0.25, 0.3) is 11.5 Å². The summed E-state index contributed by atoms with van der Waals surface area (Å²) in [4.78, 5) is 18.4. The van der Waals surface area contributed by atoms with E-state index in [1.807, 2.05) is 31.2 Å². The molecule has 0 bridgehead atoms. The van der Waals surface area contributed by atoms with E-state index in [1.54, 1.807) is 0 Å². The summed E-state index contributed by atoms with van der Waals surface area (Å²) < 4.78 is 24.6. The monoisotopic (exact) mass is 401 g/mol. The van der Waals surface area contributed by atoms with Crippen LogP contribution in [0.5, 0.6) is 5.75 Å². The highest BCUT2D eigenvalue weighted by atomic mass is 35.5. The van der Waals surface area contributed by atoms with E-state index < -0.39 is 5.82 Å². The van der Waals surface area contributed by atoms with Gasteiger partial charge < -0.3 is 14.2 Å². The molecule has 2 aromatic carbocycles. The number of carbonyl (C=O) groups is 1. The third-order valence-electron chi connectivity index (χ3n) is 4.55. The van der Waals surface area contributed by atoms with Gasteiger partial charge in [0.15, 0.2) is 5.82 Å². The van der Waals surface area contributed by atoms with Crippen LogP contribution in [0.15, 0.2) is 47.0 Å². The van der Waals surface area contributed by atoms with Gasteiger partial charge in [-0.25, -0.2) is 4.39 Å². The Labute approximate surface area is 165 Å². The molecular weight excluding hydrogens is 385 g/mol. The number of para-hydroxylation sites is 1. The van der Waals surface area contributed by atoms with Gasteiger partial charge in [0.2, 0.25) is 5.91 Å². The maximum atomic E-state index is 13.6. The summed E-state index contributed by atoms with van der Waals surface area (Å²) in [6.07, 6.45) is 0.193. The number of nitrogens with zero attached hydrogens (tertiary/aromatic N) is 3. The molecule has 2 heterocycles. The predicted octanol–water partition coefficient (Wildman–Crippen LogP) is 4.45. The van der Waals surface area contributed by atoms with E-state index in [0.29, 0.717) is 46.9 Å². The van der Waals surface area contributed by atoms with Gasteiger partial charge in [-0.3, -0.25) is 4.79 Å². The molecule has 8 heteroatoms. The lowest BCUT2D eigenvalue weighted by atomic mass is 10.1. The molecule has 1 aromatic heterocycles. The van der Waals surface area contributed by atoms with Crippen molar-refractivity contribution >= 4 is 23.2 Å². The van der Waals surface area contributed by atoms with Crippen LogP contribution in [0, 0.1) is 5.82 Å². The van der Waals surface area contributed by atoms with Gasteiger partial charge in [0.05, 0.1) is 22.9 Å². The predicted molar refractivity (Wildman–Crippen MR) is 102 cm³/mol. The molecule has 0 N–H and O–H groups in total. The van der Waals surface area contributed by atoms with Crippen molar-refractivity contribution in [2.24, 2.45) is 0 Å². The summed E-state index contributed by atoms with van der Waals surface area (Å²) in [7, 11) is 0. The third kappa shape index (κ3) is 3.45. The fourth-order valence-electron chi connectivity index (χ4n) is 3.24. The maximum Gasteiger partial charge on any atom is 0.261 e. The number of rotatable bonds is 5. The Balaban J connectivity index is 1.59. The second kappa shape index (κ2) is 7.59. The molecule has 0 spiro atoms. The van der Waals surface area contributed by atoms with Crippen LogP contribution in [0.1, 0.15) is 25.1 Å². The van der Waals surface area contributed by atoms with Gasteiger partial charge in [-0.15, -0.1) is 0 Å². The Morgan fingerprint density at radius 2 is 2.14 bits per heavy atom. The van der Waals surface area contributed by atoms with E-state index >= 15 is 0 Å². The van der Waals surface area contributed by atoms with Gasteiger partial charge in [-0.1, -0.05) is 28.9 Å². The van der Waals surface area contributed by atoms with Gasteiger partial charge in [-0.05, 0) is 37.3 Å². The van der Waals surface area contributed by atoms with Gasteiger partial charge in [-0.2, -0.15) is 4.98 Å². The molecule has 3 aromatic rings. The first-order valence-electron chi connectivity index (χ1n) is 8.88. The molecule has 1 aliphatic rings. The summed E-state index contributed by atoms with van der Waals surface area (Å²) >= 11 is 6.14. The Bertz CT molecular complexity index is 1020. The molecule has 1 amide bonds. The van der Waals surface area contributed by atoms with Crippen LogP contribution in [-0.2, 0) is 4.79 Å². The van der Waals surface area contributed by atoms with Crippen molar-refractivity contribution in [3.05, 3.63) is 59.1 Å². The summed E-state index contributed by atoms with van der Waals surface area (Å²) in [5.41, 5.74) is 1.04. The number of hydrogen-bond donors (Lipinski definition) is 0. The number of hydrogen-bond acceptors (Lipinski definition) is 5. The van der Waals surface area contributed by atoms with E-state index in [-0.39, 0.29) is 18.2 Å². The number of benzene rings is 2. The van der Waals surface area contributed by atoms with Crippen LogP contribution in [-0.4, -0.2) is 29.2 Å². The average Bonchev–Trinajstić information content (AvgIpc) is 3.31. The number of halogens is 2. The van der Waals surface area contributed by atoms with E-state index in [9.17, 15) is 9.18 Å². The fourth-order valence-corrected chi connectivity index (χ4v) is 3.46. The molecule has 6 nitrogen and oxygen atoms in total. The number of aromatic nitrogens is 2. The summed E-state index contributed by atoms with van der Waals surface area (Å²) in [6, 6.07) is 11.3. The highest BCUT2D eigenvalue weighted by Crippen LogP contribution is 2.36. The normalized spacial score (nSPS) is 16.6. The maximum absolute atomic E-state index is 13.6. The molecule has 1 saturated heterocycles. The minimum absolute atomic E-state index is 0.168. The van der Waals surface area contributed by atoms with Crippen LogP contribution in [0.4, 0.5) is 10.1 Å². The number of ether oxygens (including phenoxy) is 1. The van der Waals surface area contributed by atoms with Crippen LogP contribution < -0.4 is 9.64 Å². The molecule has 1 atom stereocenters. The van der Waals surface area contributed by atoms with Crippen molar-refractivity contribution in [1.82, 2.24) is 10.1 Å². The first-order chi connectivity index (χ1) is 13.6. The molecule has 4 rings (SSSR count). The topological polar surface area (TPSA) is 68.5 Å². The lowest BCUT2D eigenvalue weighted by molar-refractivity contribution is -0.117. The van der Waals surface area contributed by atoms with Crippen LogP contribution in [0.2, 0.25) is 5.02 Å². The van der Waals surface area contributed by atoms with Crippen molar-refractivity contribution in [1.29, 1.82) is 0 Å². The first-order valence-corrected chi connectivity index (χ1v) is 9.26. The van der Waals surface area contributed by atoms with Crippen LogP contribution in [0.3, 0.4) is 0 Å². The Hall–Kier alpha value is -2.93. The largest absolute Gasteiger partial charge is 0.493 e. The Morgan fingerprint density at radius 1 is 1.32 bits per heavy atom. The smallest absolute Gasteiger partial charge is 0.261 e. The zero-order valence-electron chi connectivity index (χ0n) is 15.1. The number of amides is 1. The number of anilines is 1. The van der Waals surface area contributed by atoms with Gasteiger partial charge in [0.1, 0.15) is 11.6 Å². The molecule has 28 heavy (non-hydrogen) atoms. The average molecular weight is 402 g/mol. The minimum atomic E-state index is -0.454. The molecule has 0 radical (unpaired) electrons. The van der Waals surface area contributed by atoms with Crippen molar-refractivity contribution in [2.45, 2.75) is 19.3 Å². The SMILES string of the molecule is CCOc1ccccc1-c1nc(C2CC(=O)N(c3cc(F)ccc3Cl)C2)no1. The van der Waals surface area contributed by atoms with Crippen molar-refractivity contribution in [3.63, 3.8) is 0 Å². The minimum Gasteiger partial charge on any atom is -0.493 e. The van der Waals surface area contributed by atoms with Crippen molar-refractivity contribution in [2.75, 3.05) is 18.1 Å². The first kappa shape index (κ1) is 18.4. The Morgan fingerprint density at radius 3 is 2.96 bits per heavy atom. The molecule has 1 fully saturated rings. The standard InChI is InChI=1S/C20H17ClFN3O3/c1-2-27-17-6-4-3-5-14(17)20-23-19(24-28-20)12-9-18(26)25(11-12)16-10-13(22)7-8-15(16)21/h3-8,10,12H,2,9,11H2,1H3. The second-order valence-corrected chi connectivity index (χ2v) is 6.80. The highest BCUT2D eigenvalue weighted by Gasteiger charge is 2.35. The quantitative estimate of drug-likeness (QED) is 0.631. The molecular formula is C20H17ClFN3O3. The highest BCUT2D eigenvalue weighted by molar-refractivity contribution is 6.33. The fraction of sp³-hybridized carbons (Fsp3) is 0.250. The molecule has 1 unspecified atom stereocenters. The molecule has 0 saturated carbocycles. The molecule has 144 valence electrons. The zero-order chi connectivity index (χ0) is 19.7. The van der Waals surface area contributed by atoms with E-state index in [0.717, 1.165) is 0 Å². The van der Waals surface area contributed by atoms with Crippen LogP contribution >= 0.6 is 11.6 Å². The van der Waals surface area contributed by atoms with Gasteiger partial charge in [0, 0.05) is 18.9 Å². The molecule has 1 aliphatic heterocycles. The summed E-state index contributed by atoms with van der Waals surface area (Å²) in [5, 5.41) is 4.37. The van der Waals surface area contributed by atoms with Crippen molar-refractivity contribution in [3.8, 4) is 17.2 Å². The Kier molecular flexibility index (Phi) is 5.00. The van der Waals surface area contributed by atoms with E-state index in [1.165, 1.54) is 23.1 Å². The zero-order valence-corrected chi connectivity index (χ0v) is 15.8. The second-order valence-electron chi connectivity index (χ2n) is 6.39. The summed E-state index contributed by atoms with van der Waals surface area (Å²) in [5.74, 6) is 0.501. The van der Waals surface area contributed by atoms with Crippen molar-refractivity contribution < 1.29 is 18.4 Å². The lowest BCUT2D eigenvalue weighted by Crippen LogP contribution is -2.24. The molecule has 0 aliphatic carbocycles. The third-order valence-corrected chi connectivity index (χ3v) is 4.87. The lowest BCUT2D eigenvalue weighted by Gasteiger charge is -2.17. The van der Waals surface area contributed by atoms with E-state index in [4.69, 9.17) is 20.9 Å². The van der Waals surface area contributed by atoms with Gasteiger partial charge >= 0.3 is 0 Å². The number of carbonyl (C=O) groups excluding carboxylic acids is 1. The van der Waals surface area contributed by atoms with Gasteiger partial charge in [0.25, 0.3) is 5.89 Å². The van der Waals surface area contributed by atoms with E-state index in [2.05, 4.69) is 10.1 Å².